The van der Waals surface area contributed by atoms with Gasteiger partial charge >= 0.3 is 0 Å². The number of carbonyl (C=O) groups is 2. The number of halogens is 1. The van der Waals surface area contributed by atoms with Crippen LogP contribution in [-0.2, 0) is 9.59 Å². The lowest BCUT2D eigenvalue weighted by Gasteiger charge is -2.13. The van der Waals surface area contributed by atoms with Crippen LogP contribution in [0.1, 0.15) is 17.7 Å². The molecule has 1 aliphatic heterocycles. The summed E-state index contributed by atoms with van der Waals surface area (Å²) in [6.45, 7) is 1.93. The van der Waals surface area contributed by atoms with Gasteiger partial charge in [0.15, 0.2) is 5.82 Å². The molecule has 0 radical (unpaired) electrons. The van der Waals surface area contributed by atoms with Gasteiger partial charge in [0.25, 0.3) is 5.91 Å². The number of carbonyl (C=O) groups excluding carboxylic acids is 2. The van der Waals surface area contributed by atoms with Crippen molar-refractivity contribution in [2.75, 3.05) is 11.9 Å². The van der Waals surface area contributed by atoms with Gasteiger partial charge in [-0.1, -0.05) is 52.9 Å². The number of nitrogens with zero attached hydrogens (tertiary/aromatic N) is 2. The normalized spacial score (nSPS) is 15.8. The number of thioether (sulfide) groups is 1. The predicted molar refractivity (Wildman–Crippen MR) is 106 cm³/mol. The Bertz CT molecular complexity index is 893. The summed E-state index contributed by atoms with van der Waals surface area (Å²) in [6.07, 6.45) is 1.86. The third kappa shape index (κ3) is 4.51. The van der Waals surface area contributed by atoms with Gasteiger partial charge in [-0.25, -0.2) is 0 Å². The standard InChI is InChI=1S/C17H14ClN3O3S2/c1-10-8-14(20-24-10)19-15(22)6-7-21-16(23)13(26-17(21)25)9-11-2-4-12(18)5-3-11/h2-5,8-9H,6-7H2,1H3,(H,19,20,22). The van der Waals surface area contributed by atoms with Crippen molar-refractivity contribution < 1.29 is 14.1 Å². The molecular formula is C17H14ClN3O3S2. The van der Waals surface area contributed by atoms with Crippen molar-refractivity contribution in [3.63, 3.8) is 0 Å². The second-order valence-electron chi connectivity index (χ2n) is 5.51. The number of aromatic nitrogens is 1. The molecule has 9 heteroatoms. The molecule has 0 bridgehead atoms. The molecule has 1 saturated heterocycles. The van der Waals surface area contributed by atoms with Crippen molar-refractivity contribution in [2.24, 2.45) is 0 Å². The highest BCUT2D eigenvalue weighted by Gasteiger charge is 2.32. The van der Waals surface area contributed by atoms with Crippen LogP contribution in [0.25, 0.3) is 6.08 Å². The summed E-state index contributed by atoms with van der Waals surface area (Å²) in [7, 11) is 0. The second kappa shape index (κ2) is 8.03. The number of thiocarbonyl (C=S) groups is 1. The van der Waals surface area contributed by atoms with Crippen LogP contribution >= 0.6 is 35.6 Å². The van der Waals surface area contributed by atoms with Crippen LogP contribution < -0.4 is 5.32 Å². The third-order valence-corrected chi connectivity index (χ3v) is 5.13. The van der Waals surface area contributed by atoms with Gasteiger partial charge in [-0.15, -0.1) is 0 Å². The molecule has 134 valence electrons. The van der Waals surface area contributed by atoms with E-state index < -0.39 is 0 Å². The number of amides is 2. The van der Waals surface area contributed by atoms with Gasteiger partial charge in [-0.05, 0) is 30.7 Å². The van der Waals surface area contributed by atoms with Gasteiger partial charge < -0.3 is 9.84 Å². The van der Waals surface area contributed by atoms with Crippen molar-refractivity contribution in [3.8, 4) is 0 Å². The average molecular weight is 408 g/mol. The Morgan fingerprint density at radius 1 is 1.42 bits per heavy atom. The summed E-state index contributed by atoms with van der Waals surface area (Å²) in [5, 5.41) is 6.94. The molecule has 2 heterocycles. The van der Waals surface area contributed by atoms with E-state index in [0.717, 1.165) is 5.56 Å². The quantitative estimate of drug-likeness (QED) is 0.599. The summed E-state index contributed by atoms with van der Waals surface area (Å²) in [4.78, 5) is 26.5. The van der Waals surface area contributed by atoms with Crippen LogP contribution in [0.15, 0.2) is 39.8 Å². The summed E-state index contributed by atoms with van der Waals surface area (Å²) < 4.78 is 5.32. The molecule has 0 unspecified atom stereocenters. The number of benzene rings is 1. The van der Waals surface area contributed by atoms with E-state index in [4.69, 9.17) is 28.3 Å². The molecular weight excluding hydrogens is 394 g/mol. The summed E-state index contributed by atoms with van der Waals surface area (Å²) >= 11 is 12.3. The molecule has 0 saturated carbocycles. The number of nitrogens with one attached hydrogen (secondary N) is 1. The zero-order valence-corrected chi connectivity index (χ0v) is 16.1. The highest BCUT2D eigenvalue weighted by atomic mass is 35.5. The Labute approximate surface area is 164 Å². The number of hydrogen-bond acceptors (Lipinski definition) is 6. The molecule has 2 aromatic rings. The summed E-state index contributed by atoms with van der Waals surface area (Å²) in [5.41, 5.74) is 0.856. The molecule has 26 heavy (non-hydrogen) atoms. The Morgan fingerprint density at radius 3 is 2.81 bits per heavy atom. The van der Waals surface area contributed by atoms with E-state index >= 15 is 0 Å². The van der Waals surface area contributed by atoms with Gasteiger partial charge in [0, 0.05) is 24.1 Å². The fourth-order valence-corrected chi connectivity index (χ4v) is 3.68. The van der Waals surface area contributed by atoms with Crippen LogP contribution in [0.5, 0.6) is 0 Å². The second-order valence-corrected chi connectivity index (χ2v) is 7.62. The smallest absolute Gasteiger partial charge is 0.266 e. The minimum atomic E-state index is -0.269. The lowest BCUT2D eigenvalue weighted by molar-refractivity contribution is -0.122. The molecule has 2 amide bonds. The maximum Gasteiger partial charge on any atom is 0.266 e. The van der Waals surface area contributed by atoms with Crippen LogP contribution in [0, 0.1) is 6.92 Å². The molecule has 6 nitrogen and oxygen atoms in total. The maximum atomic E-state index is 12.5. The molecule has 3 rings (SSSR count). The number of aryl methyl sites for hydroxylation is 1. The molecule has 0 spiro atoms. The lowest BCUT2D eigenvalue weighted by atomic mass is 10.2. The molecule has 1 aromatic heterocycles. The van der Waals surface area contributed by atoms with Crippen molar-refractivity contribution in [1.29, 1.82) is 0 Å². The van der Waals surface area contributed by atoms with Crippen molar-refractivity contribution in [3.05, 3.63) is 51.6 Å². The molecule has 1 N–H and O–H groups in total. The van der Waals surface area contributed by atoms with Crippen LogP contribution in [0.2, 0.25) is 5.02 Å². The highest BCUT2D eigenvalue weighted by Crippen LogP contribution is 2.32. The van der Waals surface area contributed by atoms with E-state index in [1.807, 2.05) is 12.1 Å². The van der Waals surface area contributed by atoms with Gasteiger partial charge in [-0.2, -0.15) is 0 Å². The van der Waals surface area contributed by atoms with E-state index in [-0.39, 0.29) is 24.8 Å². The molecule has 1 aromatic carbocycles. The van der Waals surface area contributed by atoms with E-state index in [9.17, 15) is 9.59 Å². The first kappa shape index (κ1) is 18.6. The largest absolute Gasteiger partial charge is 0.360 e. The molecule has 1 fully saturated rings. The van der Waals surface area contributed by atoms with Crippen molar-refractivity contribution in [2.45, 2.75) is 13.3 Å². The Morgan fingerprint density at radius 2 is 2.15 bits per heavy atom. The Hall–Kier alpha value is -2.16. The van der Waals surface area contributed by atoms with Gasteiger partial charge in [0.05, 0.1) is 4.91 Å². The maximum absolute atomic E-state index is 12.5. The Balaban J connectivity index is 1.60. The Kier molecular flexibility index (Phi) is 5.75. The zero-order chi connectivity index (χ0) is 18.7. The van der Waals surface area contributed by atoms with E-state index in [2.05, 4.69) is 10.5 Å². The fourth-order valence-electron chi connectivity index (χ4n) is 2.25. The molecule has 0 aliphatic carbocycles. The van der Waals surface area contributed by atoms with Gasteiger partial charge in [0.1, 0.15) is 10.1 Å². The van der Waals surface area contributed by atoms with E-state index in [1.54, 1.807) is 31.2 Å². The van der Waals surface area contributed by atoms with Crippen molar-refractivity contribution in [1.82, 2.24) is 10.1 Å². The number of anilines is 1. The van der Waals surface area contributed by atoms with Crippen LogP contribution in [0.3, 0.4) is 0 Å². The van der Waals surface area contributed by atoms with Crippen LogP contribution in [0.4, 0.5) is 5.82 Å². The van der Waals surface area contributed by atoms with E-state index in [0.29, 0.717) is 25.8 Å². The number of rotatable bonds is 5. The minimum absolute atomic E-state index is 0.104. The monoisotopic (exact) mass is 407 g/mol. The molecule has 1 aliphatic rings. The first-order valence-electron chi connectivity index (χ1n) is 7.66. The molecule has 0 atom stereocenters. The predicted octanol–water partition coefficient (Wildman–Crippen LogP) is 3.87. The highest BCUT2D eigenvalue weighted by molar-refractivity contribution is 8.26. The zero-order valence-electron chi connectivity index (χ0n) is 13.7. The van der Waals surface area contributed by atoms with Gasteiger partial charge in [0.2, 0.25) is 5.91 Å². The first-order valence-corrected chi connectivity index (χ1v) is 9.27. The lowest BCUT2D eigenvalue weighted by Crippen LogP contribution is -2.31. The summed E-state index contributed by atoms with van der Waals surface area (Å²) in [6, 6.07) is 8.77. The summed E-state index contributed by atoms with van der Waals surface area (Å²) in [5.74, 6) is 0.471. The SMILES string of the molecule is Cc1cc(NC(=O)CCN2C(=O)C(=Cc3ccc(Cl)cc3)SC2=S)no1. The van der Waals surface area contributed by atoms with E-state index in [1.165, 1.54) is 16.7 Å². The third-order valence-electron chi connectivity index (χ3n) is 3.50. The average Bonchev–Trinajstić information content (AvgIpc) is 3.11. The van der Waals surface area contributed by atoms with Gasteiger partial charge in [-0.3, -0.25) is 14.5 Å². The van der Waals surface area contributed by atoms with Crippen LogP contribution in [-0.4, -0.2) is 32.7 Å². The topological polar surface area (TPSA) is 75.4 Å². The minimum Gasteiger partial charge on any atom is -0.360 e. The first-order chi connectivity index (χ1) is 12.4. The fraction of sp³-hybridized carbons (Fsp3) is 0.176. The van der Waals surface area contributed by atoms with Crippen molar-refractivity contribution >= 4 is 63.6 Å². The number of hydrogen-bond donors (Lipinski definition) is 1.